The highest BCUT2D eigenvalue weighted by Gasteiger charge is 2.69. The Morgan fingerprint density at radius 3 is 2.16 bits per heavy atom. The molecule has 0 spiro atoms. The Labute approximate surface area is 173 Å². The van der Waals surface area contributed by atoms with Crippen LogP contribution in [0, 0.1) is 5.41 Å². The predicted octanol–water partition coefficient (Wildman–Crippen LogP) is 1.41. The zero-order chi connectivity index (χ0) is 23.4. The van der Waals surface area contributed by atoms with Crippen LogP contribution >= 0.6 is 0 Å². The molecule has 2 amide bonds. The molecule has 166 valence electrons. The van der Waals surface area contributed by atoms with Gasteiger partial charge in [-0.15, -0.1) is 0 Å². The van der Waals surface area contributed by atoms with Gasteiger partial charge in [-0.1, -0.05) is 20.8 Å². The summed E-state index contributed by atoms with van der Waals surface area (Å²) < 4.78 is 48.5. The number of methoxy groups -OCH3 is 1. The van der Waals surface area contributed by atoms with Crippen LogP contribution in [0.3, 0.4) is 0 Å². The first-order valence-electron chi connectivity index (χ1n) is 8.99. The number of anilines is 1. The fourth-order valence-electron chi connectivity index (χ4n) is 3.11. The van der Waals surface area contributed by atoms with Gasteiger partial charge in [0.25, 0.3) is 11.5 Å². The van der Waals surface area contributed by atoms with E-state index in [-0.39, 0.29) is 5.69 Å². The molecule has 1 aromatic carbocycles. The number of rotatable bonds is 3. The van der Waals surface area contributed by atoms with E-state index in [9.17, 15) is 32.3 Å². The number of amides is 2. The molecule has 3 N–H and O–H groups in total. The topological polar surface area (TPSA) is 122 Å². The van der Waals surface area contributed by atoms with Crippen LogP contribution in [0.25, 0.3) is 5.69 Å². The van der Waals surface area contributed by atoms with Crippen molar-refractivity contribution in [2.45, 2.75) is 32.5 Å². The van der Waals surface area contributed by atoms with E-state index in [1.165, 1.54) is 52.1 Å². The average molecular weight is 440 g/mol. The minimum atomic E-state index is -5.39. The summed E-state index contributed by atoms with van der Waals surface area (Å²) in [5.41, 5.74) is -8.58. The zero-order valence-corrected chi connectivity index (χ0v) is 16.9. The second kappa shape index (κ2) is 7.00. The fraction of sp³-hybridized carbons (Fsp3) is 0.368. The van der Waals surface area contributed by atoms with Gasteiger partial charge in [0.1, 0.15) is 17.1 Å². The number of halogens is 3. The van der Waals surface area contributed by atoms with E-state index in [2.05, 4.69) is 0 Å². The minimum Gasteiger partial charge on any atom is -0.497 e. The van der Waals surface area contributed by atoms with Crippen LogP contribution in [0.15, 0.2) is 33.9 Å². The Morgan fingerprint density at radius 1 is 1.10 bits per heavy atom. The number of carbonyl (C=O) groups is 2. The van der Waals surface area contributed by atoms with Crippen molar-refractivity contribution in [1.82, 2.24) is 14.9 Å². The molecule has 0 saturated heterocycles. The molecule has 1 aliphatic heterocycles. The molecule has 0 aliphatic carbocycles. The van der Waals surface area contributed by atoms with Crippen LogP contribution in [-0.4, -0.2) is 34.7 Å². The van der Waals surface area contributed by atoms with Gasteiger partial charge in [0, 0.05) is 5.41 Å². The summed E-state index contributed by atoms with van der Waals surface area (Å²) in [7, 11) is 1.40. The van der Waals surface area contributed by atoms with Crippen LogP contribution < -0.4 is 26.6 Å². The molecule has 0 radical (unpaired) electrons. The van der Waals surface area contributed by atoms with Crippen LogP contribution in [0.1, 0.15) is 26.3 Å². The molecule has 0 saturated carbocycles. The summed E-state index contributed by atoms with van der Waals surface area (Å²) in [5.74, 6) is -3.10. The van der Waals surface area contributed by atoms with Crippen LogP contribution in [0.4, 0.5) is 19.0 Å². The molecule has 1 atom stereocenters. The number of ether oxygens (including phenoxy) is 1. The third-order valence-electron chi connectivity index (χ3n) is 4.80. The maximum absolute atomic E-state index is 14.3. The van der Waals surface area contributed by atoms with E-state index in [1.54, 1.807) is 10.3 Å². The summed E-state index contributed by atoms with van der Waals surface area (Å²) in [6.45, 7) is 4.05. The van der Waals surface area contributed by atoms with Gasteiger partial charge in [0.15, 0.2) is 0 Å². The van der Waals surface area contributed by atoms with Gasteiger partial charge in [-0.3, -0.25) is 19.4 Å². The number of H-pyrrole nitrogens is 1. The van der Waals surface area contributed by atoms with Gasteiger partial charge < -0.3 is 15.4 Å². The maximum Gasteiger partial charge on any atom is 0.425 e. The van der Waals surface area contributed by atoms with E-state index in [0.717, 1.165) is 0 Å². The molecule has 1 aliphatic rings. The number of benzene rings is 1. The number of nitrogens with one attached hydrogen (secondary N) is 3. The number of hydrogen-bond donors (Lipinski definition) is 3. The monoisotopic (exact) mass is 440 g/mol. The zero-order valence-electron chi connectivity index (χ0n) is 16.9. The van der Waals surface area contributed by atoms with Crippen LogP contribution in [0.2, 0.25) is 0 Å². The lowest BCUT2D eigenvalue weighted by atomic mass is 9.88. The van der Waals surface area contributed by atoms with Crippen molar-refractivity contribution in [3.05, 3.63) is 50.7 Å². The van der Waals surface area contributed by atoms with Gasteiger partial charge in [-0.2, -0.15) is 13.2 Å². The van der Waals surface area contributed by atoms with Gasteiger partial charge in [-0.05, 0) is 24.3 Å². The number of aromatic nitrogens is 2. The molecule has 0 unspecified atom stereocenters. The quantitative estimate of drug-likeness (QED) is 0.666. The van der Waals surface area contributed by atoms with Crippen molar-refractivity contribution >= 4 is 17.6 Å². The van der Waals surface area contributed by atoms with E-state index >= 15 is 0 Å². The normalized spacial score (nSPS) is 18.4. The number of aromatic amines is 1. The van der Waals surface area contributed by atoms with Crippen molar-refractivity contribution in [2.75, 3.05) is 12.4 Å². The Balaban J connectivity index is 2.34. The molecule has 31 heavy (non-hydrogen) atoms. The summed E-state index contributed by atoms with van der Waals surface area (Å²) in [5, 5.41) is 3.67. The third kappa shape index (κ3) is 3.37. The van der Waals surface area contributed by atoms with Crippen molar-refractivity contribution in [1.29, 1.82) is 0 Å². The maximum atomic E-state index is 14.3. The Hall–Kier alpha value is -3.57. The molecule has 12 heteroatoms. The molecular weight excluding hydrogens is 421 g/mol. The van der Waals surface area contributed by atoms with Crippen molar-refractivity contribution in [3.63, 3.8) is 0 Å². The fourth-order valence-corrected chi connectivity index (χ4v) is 3.11. The van der Waals surface area contributed by atoms with Crippen molar-refractivity contribution in [2.24, 2.45) is 5.41 Å². The van der Waals surface area contributed by atoms with Gasteiger partial charge >= 0.3 is 11.9 Å². The highest BCUT2D eigenvalue weighted by Crippen LogP contribution is 2.45. The van der Waals surface area contributed by atoms with Gasteiger partial charge in [-0.25, -0.2) is 9.36 Å². The predicted molar refractivity (Wildman–Crippen MR) is 103 cm³/mol. The molecule has 3 rings (SSSR count). The summed E-state index contributed by atoms with van der Waals surface area (Å²) in [6, 6.07) is 5.58. The minimum absolute atomic E-state index is 0.0544. The highest BCUT2D eigenvalue weighted by atomic mass is 19.4. The lowest BCUT2D eigenvalue weighted by molar-refractivity contribution is -0.201. The lowest BCUT2D eigenvalue weighted by Gasteiger charge is -2.32. The molecule has 0 fully saturated rings. The largest absolute Gasteiger partial charge is 0.497 e. The number of fused-ring (bicyclic) bond motifs is 1. The molecule has 2 aromatic rings. The van der Waals surface area contributed by atoms with E-state index in [4.69, 9.17) is 4.74 Å². The van der Waals surface area contributed by atoms with Crippen molar-refractivity contribution < 1.29 is 27.5 Å². The second-order valence-electron chi connectivity index (χ2n) is 7.92. The van der Waals surface area contributed by atoms with E-state index < -0.39 is 51.6 Å². The SMILES string of the molecule is COc1ccc(-n2c3c(c(=O)[nH]c2=O)[C@@](NC(=O)C(C)(C)C)(C(F)(F)F)C(=O)N3)cc1. The van der Waals surface area contributed by atoms with Crippen LogP contribution in [-0.2, 0) is 15.1 Å². The van der Waals surface area contributed by atoms with E-state index in [0.29, 0.717) is 10.3 Å². The molecular formula is C19H19F3N4O5. The number of nitrogens with zero attached hydrogens (tertiary/aromatic N) is 1. The lowest BCUT2D eigenvalue weighted by Crippen LogP contribution is -2.63. The van der Waals surface area contributed by atoms with E-state index in [1.807, 2.05) is 5.32 Å². The first-order valence-corrected chi connectivity index (χ1v) is 8.99. The Morgan fingerprint density at radius 2 is 1.68 bits per heavy atom. The van der Waals surface area contributed by atoms with Crippen LogP contribution in [0.5, 0.6) is 5.75 Å². The third-order valence-corrected chi connectivity index (χ3v) is 4.80. The van der Waals surface area contributed by atoms with Gasteiger partial charge in [0.2, 0.25) is 11.4 Å². The first kappa shape index (κ1) is 22.1. The molecule has 1 aromatic heterocycles. The Kier molecular flexibility index (Phi) is 4.99. The molecule has 2 heterocycles. The Bertz CT molecular complexity index is 1180. The highest BCUT2D eigenvalue weighted by molar-refractivity contribution is 6.08. The average Bonchev–Trinajstić information content (AvgIpc) is 2.94. The standard InChI is InChI=1S/C19H19F3N4O5/c1-17(2,3)14(28)25-18(19(20,21)22)11-12(23-15(18)29)26(16(30)24-13(11)27)9-5-7-10(31-4)8-6-9/h5-8H,1-4H3,(H,23,29)(H,25,28)(H,24,27,30)/t18-/m0/s1. The van der Waals surface area contributed by atoms with Crippen molar-refractivity contribution in [3.8, 4) is 11.4 Å². The number of alkyl halides is 3. The number of hydrogen-bond acceptors (Lipinski definition) is 5. The molecule has 0 bridgehead atoms. The number of carbonyl (C=O) groups excluding carboxylic acids is 2. The summed E-state index contributed by atoms with van der Waals surface area (Å²) in [4.78, 5) is 51.9. The molecule has 9 nitrogen and oxygen atoms in total. The second-order valence-corrected chi connectivity index (χ2v) is 7.92. The van der Waals surface area contributed by atoms with Gasteiger partial charge in [0.05, 0.1) is 12.8 Å². The smallest absolute Gasteiger partial charge is 0.425 e. The first-order chi connectivity index (χ1) is 14.2. The summed E-state index contributed by atoms with van der Waals surface area (Å²) in [6.07, 6.45) is -5.39. The summed E-state index contributed by atoms with van der Waals surface area (Å²) >= 11 is 0.